The van der Waals surface area contributed by atoms with Crippen molar-refractivity contribution in [1.29, 1.82) is 0 Å². The van der Waals surface area contributed by atoms with Crippen LogP contribution in [0.3, 0.4) is 0 Å². The van der Waals surface area contributed by atoms with E-state index < -0.39 is 23.7 Å². The zero-order valence-corrected chi connectivity index (χ0v) is 16.9. The molecule has 11 nitrogen and oxygen atoms in total. The molecule has 2 aromatic heterocycles. The number of methoxy groups -OCH3 is 2. The van der Waals surface area contributed by atoms with E-state index in [0.717, 1.165) is 16.7 Å². The third-order valence-corrected chi connectivity index (χ3v) is 5.21. The van der Waals surface area contributed by atoms with E-state index in [9.17, 15) is 14.4 Å². The van der Waals surface area contributed by atoms with E-state index >= 15 is 0 Å². The molecule has 158 valence electrons. The van der Waals surface area contributed by atoms with Gasteiger partial charge in [-0.3, -0.25) is 14.2 Å². The Morgan fingerprint density at radius 2 is 1.97 bits per heavy atom. The number of aryl methyl sites for hydroxylation is 2. The minimum Gasteiger partial charge on any atom is -0.497 e. The van der Waals surface area contributed by atoms with Crippen LogP contribution in [0.25, 0.3) is 11.2 Å². The minimum atomic E-state index is -0.767. The lowest BCUT2D eigenvalue weighted by atomic mass is 10.2. The average molecular weight is 414 g/mol. The Labute approximate surface area is 170 Å². The summed E-state index contributed by atoms with van der Waals surface area (Å²) in [5.41, 5.74) is 5.26. The standard InChI is InChI=1S/C19H22N6O5/c1-22-16-15(17(27)25(19(22)28)10-14(20)26)24-8-4-7-23(18(24)21-16)12-6-5-11(29-2)9-13(12)30-3/h5-6,9H,4,7-8,10H2,1-3H3,(H2,20,26). The van der Waals surface area contributed by atoms with Crippen LogP contribution in [0.1, 0.15) is 6.42 Å². The molecule has 0 aliphatic carbocycles. The maximum absolute atomic E-state index is 13.0. The number of amides is 1. The summed E-state index contributed by atoms with van der Waals surface area (Å²) >= 11 is 0. The van der Waals surface area contributed by atoms with Crippen LogP contribution in [0.15, 0.2) is 27.8 Å². The summed E-state index contributed by atoms with van der Waals surface area (Å²) in [6.07, 6.45) is 0.742. The van der Waals surface area contributed by atoms with Crippen LogP contribution >= 0.6 is 0 Å². The molecule has 0 spiro atoms. The van der Waals surface area contributed by atoms with Crippen LogP contribution in [0, 0.1) is 0 Å². The zero-order chi connectivity index (χ0) is 21.6. The fourth-order valence-corrected chi connectivity index (χ4v) is 3.80. The number of rotatable bonds is 5. The topological polar surface area (TPSA) is 127 Å². The average Bonchev–Trinajstić information content (AvgIpc) is 3.14. The first-order chi connectivity index (χ1) is 14.4. The highest BCUT2D eigenvalue weighted by atomic mass is 16.5. The van der Waals surface area contributed by atoms with Gasteiger partial charge in [-0.05, 0) is 18.6 Å². The number of imidazole rings is 1. The van der Waals surface area contributed by atoms with Crippen molar-refractivity contribution in [3.8, 4) is 11.5 Å². The van der Waals surface area contributed by atoms with E-state index in [0.29, 0.717) is 30.5 Å². The van der Waals surface area contributed by atoms with E-state index in [2.05, 4.69) is 4.98 Å². The SMILES string of the molecule is COc1ccc(N2CCCn3c2nc2c3c(=O)n(CC(N)=O)c(=O)n2C)c(OC)c1. The molecule has 1 aliphatic rings. The van der Waals surface area contributed by atoms with Gasteiger partial charge in [0.15, 0.2) is 11.2 Å². The van der Waals surface area contributed by atoms with Crippen molar-refractivity contribution in [3.63, 3.8) is 0 Å². The second-order valence-electron chi connectivity index (χ2n) is 6.98. The van der Waals surface area contributed by atoms with Crippen LogP contribution in [-0.2, 0) is 24.9 Å². The molecular formula is C19H22N6O5. The first-order valence-electron chi connectivity index (χ1n) is 9.35. The highest BCUT2D eigenvalue weighted by Crippen LogP contribution is 2.38. The fraction of sp³-hybridized carbons (Fsp3) is 0.368. The third-order valence-electron chi connectivity index (χ3n) is 5.21. The summed E-state index contributed by atoms with van der Waals surface area (Å²) < 4.78 is 14.7. The number of carbonyl (C=O) groups is 1. The van der Waals surface area contributed by atoms with Crippen LogP contribution in [0.5, 0.6) is 11.5 Å². The van der Waals surface area contributed by atoms with Gasteiger partial charge in [-0.1, -0.05) is 0 Å². The third kappa shape index (κ3) is 2.90. The Bertz CT molecular complexity index is 1270. The summed E-state index contributed by atoms with van der Waals surface area (Å²) in [5.74, 6) is 0.993. The van der Waals surface area contributed by atoms with Gasteiger partial charge in [-0.15, -0.1) is 0 Å². The van der Waals surface area contributed by atoms with Gasteiger partial charge in [0.25, 0.3) is 5.56 Å². The highest BCUT2D eigenvalue weighted by Gasteiger charge is 2.28. The maximum Gasteiger partial charge on any atom is 0.332 e. The van der Waals surface area contributed by atoms with Crippen molar-refractivity contribution < 1.29 is 14.3 Å². The quantitative estimate of drug-likeness (QED) is 0.620. The number of hydrogen-bond donors (Lipinski definition) is 1. The van der Waals surface area contributed by atoms with Gasteiger partial charge in [0, 0.05) is 26.2 Å². The normalized spacial score (nSPS) is 13.4. The number of anilines is 2. The number of benzene rings is 1. The number of carbonyl (C=O) groups excluding carboxylic acids is 1. The molecule has 3 aromatic rings. The lowest BCUT2D eigenvalue weighted by molar-refractivity contribution is -0.118. The van der Waals surface area contributed by atoms with Gasteiger partial charge in [0.05, 0.1) is 19.9 Å². The van der Waals surface area contributed by atoms with Crippen LogP contribution in [0.2, 0.25) is 0 Å². The number of nitrogens with zero attached hydrogens (tertiary/aromatic N) is 5. The van der Waals surface area contributed by atoms with Gasteiger partial charge < -0.3 is 24.7 Å². The van der Waals surface area contributed by atoms with Crippen LogP contribution in [0.4, 0.5) is 11.6 Å². The molecule has 1 aromatic carbocycles. The molecule has 3 heterocycles. The van der Waals surface area contributed by atoms with Crippen molar-refractivity contribution in [1.82, 2.24) is 18.7 Å². The number of primary amides is 1. The molecule has 1 amide bonds. The van der Waals surface area contributed by atoms with E-state index in [4.69, 9.17) is 15.2 Å². The Morgan fingerprint density at radius 3 is 2.63 bits per heavy atom. The van der Waals surface area contributed by atoms with Crippen LogP contribution in [-0.4, -0.2) is 45.4 Å². The Morgan fingerprint density at radius 1 is 1.20 bits per heavy atom. The monoisotopic (exact) mass is 414 g/mol. The molecule has 0 fully saturated rings. The molecule has 0 radical (unpaired) electrons. The number of ether oxygens (including phenoxy) is 2. The smallest absolute Gasteiger partial charge is 0.332 e. The fourth-order valence-electron chi connectivity index (χ4n) is 3.80. The molecule has 0 bridgehead atoms. The number of aromatic nitrogens is 4. The molecule has 11 heteroatoms. The summed E-state index contributed by atoms with van der Waals surface area (Å²) in [7, 11) is 4.66. The van der Waals surface area contributed by atoms with Crippen molar-refractivity contribution in [2.24, 2.45) is 12.8 Å². The van der Waals surface area contributed by atoms with Crippen molar-refractivity contribution in [3.05, 3.63) is 39.0 Å². The summed E-state index contributed by atoms with van der Waals surface area (Å²) in [4.78, 5) is 43.5. The largest absolute Gasteiger partial charge is 0.497 e. The van der Waals surface area contributed by atoms with Crippen molar-refractivity contribution in [2.45, 2.75) is 19.5 Å². The molecular weight excluding hydrogens is 392 g/mol. The van der Waals surface area contributed by atoms with Gasteiger partial charge in [-0.2, -0.15) is 4.98 Å². The highest BCUT2D eigenvalue weighted by molar-refractivity contribution is 5.79. The molecule has 0 unspecified atom stereocenters. The van der Waals surface area contributed by atoms with Crippen LogP contribution < -0.4 is 31.4 Å². The first kappa shape index (κ1) is 19.6. The van der Waals surface area contributed by atoms with E-state index in [1.807, 2.05) is 17.0 Å². The predicted octanol–water partition coefficient (Wildman–Crippen LogP) is -0.0590. The molecule has 4 rings (SSSR count). The first-order valence-corrected chi connectivity index (χ1v) is 9.35. The summed E-state index contributed by atoms with van der Waals surface area (Å²) in [6, 6.07) is 5.44. The lowest BCUT2D eigenvalue weighted by Gasteiger charge is -2.30. The zero-order valence-electron chi connectivity index (χ0n) is 16.9. The second kappa shape index (κ2) is 7.25. The Hall–Kier alpha value is -3.76. The Kier molecular flexibility index (Phi) is 4.72. The van der Waals surface area contributed by atoms with Gasteiger partial charge >= 0.3 is 5.69 Å². The van der Waals surface area contributed by atoms with E-state index in [1.54, 1.807) is 24.9 Å². The van der Waals surface area contributed by atoms with Crippen molar-refractivity contribution >= 4 is 28.7 Å². The van der Waals surface area contributed by atoms with E-state index in [-0.39, 0.29) is 11.2 Å². The summed E-state index contributed by atoms with van der Waals surface area (Å²) in [5, 5.41) is 0. The van der Waals surface area contributed by atoms with Gasteiger partial charge in [0.1, 0.15) is 18.0 Å². The maximum atomic E-state index is 13.0. The number of nitrogens with two attached hydrogens (primary N) is 1. The number of hydrogen-bond acceptors (Lipinski definition) is 7. The minimum absolute atomic E-state index is 0.250. The second-order valence-corrected chi connectivity index (χ2v) is 6.98. The molecule has 30 heavy (non-hydrogen) atoms. The lowest BCUT2D eigenvalue weighted by Crippen LogP contribution is -2.42. The molecule has 0 saturated carbocycles. The Balaban J connectivity index is 1.96. The van der Waals surface area contributed by atoms with Gasteiger partial charge in [-0.25, -0.2) is 9.36 Å². The molecule has 1 aliphatic heterocycles. The van der Waals surface area contributed by atoms with E-state index in [1.165, 1.54) is 11.6 Å². The van der Waals surface area contributed by atoms with Crippen molar-refractivity contribution in [2.75, 3.05) is 25.7 Å². The molecule has 0 saturated heterocycles. The summed E-state index contributed by atoms with van der Waals surface area (Å²) in [6.45, 7) is 0.707. The predicted molar refractivity (Wildman–Crippen MR) is 110 cm³/mol. The number of fused-ring (bicyclic) bond motifs is 3. The van der Waals surface area contributed by atoms with Gasteiger partial charge in [0.2, 0.25) is 11.9 Å². The molecule has 0 atom stereocenters. The molecule has 2 N–H and O–H groups in total.